The van der Waals surface area contributed by atoms with Crippen LogP contribution in [-0.4, -0.2) is 38.2 Å². The van der Waals surface area contributed by atoms with Gasteiger partial charge in [-0.3, -0.25) is 24.3 Å². The molecule has 0 aliphatic carbocycles. The molecule has 0 atom stereocenters. The zero-order valence-corrected chi connectivity index (χ0v) is 49.1. The molecule has 4 radical (unpaired) electrons. The van der Waals surface area contributed by atoms with Crippen molar-refractivity contribution in [2.24, 2.45) is 21.1 Å². The van der Waals surface area contributed by atoms with Crippen LogP contribution in [0.2, 0.25) is 0 Å². The number of rotatable bonds is 9. The molecular formula is C54H52F4Ir4N8-4. The first-order chi connectivity index (χ1) is 31.7. The molecule has 9 aromatic rings. The van der Waals surface area contributed by atoms with E-state index in [0.717, 1.165) is 83.2 Å². The van der Waals surface area contributed by atoms with E-state index in [2.05, 4.69) is 102 Å². The van der Waals surface area contributed by atoms with Crippen molar-refractivity contribution in [1.29, 1.82) is 0 Å². The third-order valence-corrected chi connectivity index (χ3v) is 10.2. The minimum absolute atomic E-state index is 0. The maximum absolute atomic E-state index is 12.6. The number of alkyl halides is 3. The van der Waals surface area contributed by atoms with E-state index in [9.17, 15) is 17.6 Å². The van der Waals surface area contributed by atoms with E-state index >= 15 is 0 Å². The van der Waals surface area contributed by atoms with Crippen LogP contribution in [0.15, 0.2) is 141 Å². The van der Waals surface area contributed by atoms with Crippen LogP contribution in [0, 0.1) is 43.9 Å². The summed E-state index contributed by atoms with van der Waals surface area (Å²) in [6.45, 7) is 8.53. The van der Waals surface area contributed by atoms with Crippen molar-refractivity contribution in [3.8, 4) is 50.7 Å². The predicted octanol–water partition coefficient (Wildman–Crippen LogP) is 12.7. The number of hydrogen-bond donors (Lipinski definition) is 0. The average Bonchev–Trinajstić information content (AvgIpc) is 4.13. The van der Waals surface area contributed by atoms with E-state index in [1.54, 1.807) is 18.7 Å². The van der Waals surface area contributed by atoms with Crippen molar-refractivity contribution in [2.75, 3.05) is 0 Å². The first-order valence-corrected chi connectivity index (χ1v) is 21.6. The summed E-state index contributed by atoms with van der Waals surface area (Å²) in [4.78, 5) is 17.6. The Morgan fingerprint density at radius 1 is 0.557 bits per heavy atom. The van der Waals surface area contributed by atoms with Crippen molar-refractivity contribution in [2.45, 2.75) is 59.6 Å². The van der Waals surface area contributed by atoms with E-state index < -0.39 is 11.7 Å². The minimum Gasteiger partial charge on any atom is -0.350 e. The molecule has 0 spiro atoms. The smallest absolute Gasteiger partial charge is 0.350 e. The molecule has 0 aliphatic heterocycles. The largest absolute Gasteiger partial charge is 0.381 e. The Balaban J connectivity index is 0.000000322. The van der Waals surface area contributed by atoms with Crippen molar-refractivity contribution in [3.05, 3.63) is 199 Å². The van der Waals surface area contributed by atoms with Crippen LogP contribution in [0.25, 0.3) is 50.7 Å². The van der Waals surface area contributed by atoms with Crippen LogP contribution < -0.4 is 0 Å². The molecule has 0 saturated carbocycles. The van der Waals surface area contributed by atoms with E-state index in [1.165, 1.54) is 35.0 Å². The molecule has 0 bridgehead atoms. The summed E-state index contributed by atoms with van der Waals surface area (Å²) in [5, 5.41) is 0. The molecule has 0 saturated heterocycles. The fraction of sp³-hybridized carbons (Fsp3) is 0.222. The molecule has 4 aromatic heterocycles. The Morgan fingerprint density at radius 3 is 1.54 bits per heavy atom. The summed E-state index contributed by atoms with van der Waals surface area (Å²) in [5.74, 6) is 1.76. The maximum Gasteiger partial charge on any atom is 0.381 e. The molecule has 0 unspecified atom stereocenters. The van der Waals surface area contributed by atoms with E-state index in [1.807, 2.05) is 95.9 Å². The molecular weight excluding hydrogens is 1610 g/mol. The van der Waals surface area contributed by atoms with Gasteiger partial charge in [0, 0.05) is 149 Å². The van der Waals surface area contributed by atoms with Crippen molar-refractivity contribution < 1.29 is 98.0 Å². The second-order valence-corrected chi connectivity index (χ2v) is 15.7. The Hall–Kier alpha value is -4.74. The van der Waals surface area contributed by atoms with Crippen molar-refractivity contribution in [1.82, 2.24) is 38.2 Å². The van der Waals surface area contributed by atoms with Gasteiger partial charge in [-0.05, 0) is 68.7 Å². The fourth-order valence-corrected chi connectivity index (χ4v) is 6.86. The van der Waals surface area contributed by atoms with Gasteiger partial charge >= 0.3 is 6.18 Å². The topological polar surface area (TPSA) is 71.3 Å². The molecule has 8 nitrogen and oxygen atoms in total. The molecule has 0 aliphatic rings. The van der Waals surface area contributed by atoms with Crippen LogP contribution in [0.1, 0.15) is 55.0 Å². The second kappa shape index (κ2) is 29.6. The molecule has 0 N–H and O–H groups in total. The molecule has 376 valence electrons. The number of hydrogen-bond acceptors (Lipinski definition) is 4. The Kier molecular flexibility index (Phi) is 25.9. The number of nitrogens with zero attached hydrogens (tertiary/aromatic N) is 8. The molecule has 9 rings (SSSR count). The molecule has 5 aromatic carbocycles. The van der Waals surface area contributed by atoms with Gasteiger partial charge < -0.3 is 18.3 Å². The van der Waals surface area contributed by atoms with Crippen LogP contribution in [-0.2, 0) is 121 Å². The van der Waals surface area contributed by atoms with Gasteiger partial charge in [-0.2, -0.15) is 13.2 Å². The van der Waals surface area contributed by atoms with Crippen molar-refractivity contribution >= 4 is 0 Å². The fourth-order valence-electron chi connectivity index (χ4n) is 6.86. The number of halogens is 4. The quantitative estimate of drug-likeness (QED) is 0.107. The van der Waals surface area contributed by atoms with Gasteiger partial charge in [0.05, 0.1) is 18.5 Å². The van der Waals surface area contributed by atoms with Crippen LogP contribution >= 0.6 is 0 Å². The van der Waals surface area contributed by atoms with Gasteiger partial charge in [0.1, 0.15) is 5.82 Å². The van der Waals surface area contributed by atoms with Crippen LogP contribution in [0.3, 0.4) is 0 Å². The van der Waals surface area contributed by atoms with Gasteiger partial charge in [-0.1, -0.05) is 31.5 Å². The summed E-state index contributed by atoms with van der Waals surface area (Å²) in [7, 11) is 5.73. The summed E-state index contributed by atoms with van der Waals surface area (Å²) in [5.41, 5.74) is 9.97. The monoisotopic (exact) mass is 1660 g/mol. The molecule has 0 fully saturated rings. The number of aryl methyl sites for hydroxylation is 7. The van der Waals surface area contributed by atoms with Gasteiger partial charge in [-0.15, -0.1) is 131 Å². The Bertz CT molecular complexity index is 2890. The van der Waals surface area contributed by atoms with Gasteiger partial charge in [0.15, 0.2) is 0 Å². The first-order valence-electron chi connectivity index (χ1n) is 21.6. The van der Waals surface area contributed by atoms with Gasteiger partial charge in [0.2, 0.25) is 0 Å². The van der Waals surface area contributed by atoms with Gasteiger partial charge in [0.25, 0.3) is 0 Å². The third kappa shape index (κ3) is 17.5. The molecule has 4 heterocycles. The Morgan fingerprint density at radius 2 is 1.07 bits per heavy atom. The summed E-state index contributed by atoms with van der Waals surface area (Å²) >= 11 is 0. The average molecular weight is 1660 g/mol. The normalized spacial score (nSPS) is 10.3. The maximum atomic E-state index is 12.6. The summed E-state index contributed by atoms with van der Waals surface area (Å²) < 4.78 is 57.8. The summed E-state index contributed by atoms with van der Waals surface area (Å²) in [6, 6.07) is 42.1. The van der Waals surface area contributed by atoms with Crippen LogP contribution in [0.4, 0.5) is 17.6 Å². The molecule has 0 amide bonds. The van der Waals surface area contributed by atoms with Crippen LogP contribution in [0.5, 0.6) is 0 Å². The first kappa shape index (κ1) is 61.4. The van der Waals surface area contributed by atoms with Crippen molar-refractivity contribution in [3.63, 3.8) is 0 Å². The SMILES string of the molecule is CCCc1nc(-c2[c-]cc(C(F)(F)F)cc2)cn1C.CCCc1nc(-c2[c-]cccc2)cn1-c1ccc(C)cc1C.Cn1cnc(-c2[c-]cc(F)cc2)c1.Cn1cnc(-c2[c-]cccc2)c1.[Ir].[Ir].[Ir].[Ir]. The van der Waals surface area contributed by atoms with E-state index in [-0.39, 0.29) is 86.2 Å². The predicted molar refractivity (Wildman–Crippen MR) is 253 cm³/mol. The minimum atomic E-state index is -4.33. The zero-order valence-electron chi connectivity index (χ0n) is 39.5. The van der Waals surface area contributed by atoms with Gasteiger partial charge in [-0.25, -0.2) is 0 Å². The number of aromatic nitrogens is 8. The van der Waals surface area contributed by atoms with E-state index in [4.69, 9.17) is 4.98 Å². The molecule has 70 heavy (non-hydrogen) atoms. The second-order valence-electron chi connectivity index (χ2n) is 15.7. The number of benzene rings is 5. The summed E-state index contributed by atoms with van der Waals surface area (Å²) in [6.07, 6.45) is 10.8. The third-order valence-electron chi connectivity index (χ3n) is 10.2. The Labute approximate surface area is 462 Å². The van der Waals surface area contributed by atoms with E-state index in [0.29, 0.717) is 11.3 Å². The number of imidazole rings is 4. The zero-order chi connectivity index (χ0) is 47.2. The standard InChI is InChI=1S/C20H21N2.C14H14F3N2.C10H8FN2.C10H9N2.4Ir/c1-4-8-20-21-18(17-9-6-5-7-10-17)14-22(20)19-12-11-15(2)13-16(19)3;1-3-4-13-18-12(9-19(13)2)10-5-7-11(8-6-10)14(15,16)17;1-13-6-10(12-7-13)8-2-4-9(11)5-3-8;1-12-7-10(11-8-12)9-5-3-2-4-6-9;;;;/h5-7,9,11-14H,4,8H2,1-3H3;5,7-9H,3-4H2,1-2H3;2,4-7H,1H3;2-5,7-8H,1H3;;;;/q4*-1;;;;. The molecule has 16 heteroatoms.